The molecule has 0 spiro atoms. The number of hydrogen-bond acceptors (Lipinski definition) is 4. The Labute approximate surface area is 133 Å². The molecular formula is C17H18N2S2. The number of rotatable bonds is 5. The molecule has 108 valence electrons. The molecule has 0 amide bonds. The highest BCUT2D eigenvalue weighted by molar-refractivity contribution is 7.11. The van der Waals surface area contributed by atoms with Gasteiger partial charge in [0, 0.05) is 16.3 Å². The van der Waals surface area contributed by atoms with Crippen LogP contribution >= 0.6 is 22.7 Å². The van der Waals surface area contributed by atoms with E-state index in [1.165, 1.54) is 15.3 Å². The summed E-state index contributed by atoms with van der Waals surface area (Å²) in [5.41, 5.74) is 2.45. The number of benzene rings is 1. The first-order valence-electron chi connectivity index (χ1n) is 6.98. The molecule has 1 N–H and O–H groups in total. The van der Waals surface area contributed by atoms with Gasteiger partial charge >= 0.3 is 0 Å². The van der Waals surface area contributed by atoms with Crippen LogP contribution in [-0.2, 0) is 6.54 Å². The van der Waals surface area contributed by atoms with Gasteiger partial charge in [0.05, 0.1) is 16.7 Å². The first kappa shape index (κ1) is 14.4. The molecule has 1 aromatic carbocycles. The molecule has 0 saturated carbocycles. The van der Waals surface area contributed by atoms with Crippen LogP contribution in [0.5, 0.6) is 0 Å². The van der Waals surface area contributed by atoms with Gasteiger partial charge in [-0.15, -0.1) is 22.7 Å². The average molecular weight is 314 g/mol. The quantitative estimate of drug-likeness (QED) is 0.738. The average Bonchev–Trinajstić information content (AvgIpc) is 3.11. The molecule has 0 fully saturated rings. The topological polar surface area (TPSA) is 24.9 Å². The van der Waals surface area contributed by atoms with Crippen molar-refractivity contribution in [3.63, 3.8) is 0 Å². The molecule has 0 aliphatic rings. The van der Waals surface area contributed by atoms with Crippen molar-refractivity contribution < 1.29 is 0 Å². The first-order valence-corrected chi connectivity index (χ1v) is 8.68. The third-order valence-corrected chi connectivity index (χ3v) is 5.44. The van der Waals surface area contributed by atoms with Crippen LogP contribution in [0.1, 0.15) is 32.1 Å². The first-order chi connectivity index (χ1) is 10.2. The molecule has 0 saturated heterocycles. The Bertz CT molecular complexity index is 687. The molecule has 3 aromatic rings. The van der Waals surface area contributed by atoms with Gasteiger partial charge in [-0.25, -0.2) is 4.98 Å². The minimum absolute atomic E-state index is 0.244. The largest absolute Gasteiger partial charge is 0.301 e. The van der Waals surface area contributed by atoms with Gasteiger partial charge in [-0.1, -0.05) is 36.4 Å². The van der Waals surface area contributed by atoms with Crippen molar-refractivity contribution in [1.29, 1.82) is 0 Å². The van der Waals surface area contributed by atoms with Gasteiger partial charge in [0.2, 0.25) is 0 Å². The maximum Gasteiger partial charge on any atom is 0.0900 e. The van der Waals surface area contributed by atoms with E-state index in [4.69, 9.17) is 0 Å². The van der Waals surface area contributed by atoms with Crippen molar-refractivity contribution in [3.8, 4) is 0 Å². The Kier molecular flexibility index (Phi) is 4.48. The summed E-state index contributed by atoms with van der Waals surface area (Å²) in [5.74, 6) is 0. The lowest BCUT2D eigenvalue weighted by Crippen LogP contribution is -2.21. The molecular weight excluding hydrogens is 296 g/mol. The number of nitrogens with zero attached hydrogens (tertiary/aromatic N) is 1. The molecule has 1 unspecified atom stereocenters. The van der Waals surface area contributed by atoms with Gasteiger partial charge in [0.25, 0.3) is 0 Å². The SMILES string of the molecule is Cc1nc(C)c(CNC(c2ccccc2)c2cccs2)s1. The second-order valence-electron chi connectivity index (χ2n) is 4.98. The summed E-state index contributed by atoms with van der Waals surface area (Å²) in [7, 11) is 0. The Morgan fingerprint density at radius 1 is 1.10 bits per heavy atom. The number of nitrogens with one attached hydrogen (secondary N) is 1. The zero-order chi connectivity index (χ0) is 14.7. The summed E-state index contributed by atoms with van der Waals surface area (Å²) in [6.45, 7) is 5.01. The Hall–Kier alpha value is -1.49. The summed E-state index contributed by atoms with van der Waals surface area (Å²) in [5, 5.41) is 6.96. The standard InChI is InChI=1S/C17H18N2S2/c1-12-16(21-13(2)19-12)11-18-17(15-9-6-10-20-15)14-7-4-3-5-8-14/h3-10,17-18H,11H2,1-2H3. The predicted octanol–water partition coefficient (Wildman–Crippen LogP) is 4.70. The monoisotopic (exact) mass is 314 g/mol. The van der Waals surface area contributed by atoms with Gasteiger partial charge in [-0.2, -0.15) is 0 Å². The van der Waals surface area contributed by atoms with Gasteiger partial charge in [0.15, 0.2) is 0 Å². The van der Waals surface area contributed by atoms with E-state index in [1.807, 2.05) is 0 Å². The third kappa shape index (κ3) is 3.40. The van der Waals surface area contributed by atoms with E-state index in [-0.39, 0.29) is 6.04 Å². The summed E-state index contributed by atoms with van der Waals surface area (Å²) >= 11 is 3.57. The van der Waals surface area contributed by atoms with E-state index in [0.29, 0.717) is 0 Å². The molecule has 2 heterocycles. The van der Waals surface area contributed by atoms with Gasteiger partial charge in [-0.3, -0.25) is 0 Å². The summed E-state index contributed by atoms with van der Waals surface area (Å²) < 4.78 is 0. The lowest BCUT2D eigenvalue weighted by Gasteiger charge is -2.17. The number of aromatic nitrogens is 1. The zero-order valence-corrected chi connectivity index (χ0v) is 13.8. The fourth-order valence-corrected chi connectivity index (χ4v) is 4.13. The molecule has 21 heavy (non-hydrogen) atoms. The summed E-state index contributed by atoms with van der Waals surface area (Å²) in [6.07, 6.45) is 0. The molecule has 0 bridgehead atoms. The molecule has 3 rings (SSSR count). The van der Waals surface area contributed by atoms with Crippen LogP contribution in [0.3, 0.4) is 0 Å². The Balaban J connectivity index is 1.82. The van der Waals surface area contributed by atoms with E-state index in [0.717, 1.165) is 17.2 Å². The molecule has 1 atom stereocenters. The van der Waals surface area contributed by atoms with Crippen LogP contribution in [-0.4, -0.2) is 4.98 Å². The Morgan fingerprint density at radius 2 is 1.90 bits per heavy atom. The van der Waals surface area contributed by atoms with Crippen molar-refractivity contribution in [2.45, 2.75) is 26.4 Å². The smallest absolute Gasteiger partial charge is 0.0900 e. The number of hydrogen-bond donors (Lipinski definition) is 1. The Morgan fingerprint density at radius 3 is 2.52 bits per heavy atom. The van der Waals surface area contributed by atoms with Gasteiger partial charge in [0.1, 0.15) is 0 Å². The minimum Gasteiger partial charge on any atom is -0.301 e. The number of thiophene rings is 1. The minimum atomic E-state index is 0.244. The zero-order valence-electron chi connectivity index (χ0n) is 12.2. The fourth-order valence-electron chi connectivity index (χ4n) is 2.42. The van der Waals surface area contributed by atoms with Crippen molar-refractivity contribution in [2.75, 3.05) is 0 Å². The van der Waals surface area contributed by atoms with Crippen LogP contribution in [0.25, 0.3) is 0 Å². The van der Waals surface area contributed by atoms with Gasteiger partial charge in [-0.05, 0) is 30.9 Å². The highest BCUT2D eigenvalue weighted by Gasteiger charge is 2.15. The lowest BCUT2D eigenvalue weighted by atomic mass is 10.1. The second-order valence-corrected chi connectivity index (χ2v) is 7.25. The van der Waals surface area contributed by atoms with E-state index in [1.54, 1.807) is 22.7 Å². The highest BCUT2D eigenvalue weighted by Crippen LogP contribution is 2.27. The van der Waals surface area contributed by atoms with Crippen LogP contribution in [0.2, 0.25) is 0 Å². The molecule has 2 aromatic heterocycles. The number of thiazole rings is 1. The summed E-state index contributed by atoms with van der Waals surface area (Å²) in [6, 6.07) is 15.2. The fraction of sp³-hybridized carbons (Fsp3) is 0.235. The molecule has 4 heteroatoms. The van der Waals surface area contributed by atoms with Crippen molar-refractivity contribution >= 4 is 22.7 Å². The molecule has 0 aliphatic heterocycles. The maximum atomic E-state index is 4.51. The van der Waals surface area contributed by atoms with Crippen LogP contribution in [0.15, 0.2) is 47.8 Å². The maximum absolute atomic E-state index is 4.51. The van der Waals surface area contributed by atoms with Gasteiger partial charge < -0.3 is 5.32 Å². The van der Waals surface area contributed by atoms with E-state index in [2.05, 4.69) is 72.0 Å². The van der Waals surface area contributed by atoms with E-state index < -0.39 is 0 Å². The van der Waals surface area contributed by atoms with E-state index in [9.17, 15) is 0 Å². The molecule has 2 nitrogen and oxygen atoms in total. The highest BCUT2D eigenvalue weighted by atomic mass is 32.1. The van der Waals surface area contributed by atoms with Crippen LogP contribution in [0, 0.1) is 13.8 Å². The van der Waals surface area contributed by atoms with Crippen LogP contribution in [0.4, 0.5) is 0 Å². The summed E-state index contributed by atoms with van der Waals surface area (Å²) in [4.78, 5) is 7.18. The lowest BCUT2D eigenvalue weighted by molar-refractivity contribution is 0.616. The van der Waals surface area contributed by atoms with Crippen LogP contribution < -0.4 is 5.32 Å². The third-order valence-electron chi connectivity index (χ3n) is 3.43. The second kappa shape index (κ2) is 6.52. The van der Waals surface area contributed by atoms with Crippen molar-refractivity contribution in [2.24, 2.45) is 0 Å². The predicted molar refractivity (Wildman–Crippen MR) is 91.0 cm³/mol. The molecule has 0 radical (unpaired) electrons. The van der Waals surface area contributed by atoms with Crippen molar-refractivity contribution in [1.82, 2.24) is 10.3 Å². The van der Waals surface area contributed by atoms with E-state index >= 15 is 0 Å². The van der Waals surface area contributed by atoms with Crippen molar-refractivity contribution in [3.05, 3.63) is 73.9 Å². The molecule has 0 aliphatic carbocycles. The number of aryl methyl sites for hydroxylation is 2. The normalized spacial score (nSPS) is 12.5.